The maximum atomic E-state index is 12.0. The van der Waals surface area contributed by atoms with Crippen molar-refractivity contribution in [2.75, 3.05) is 0 Å². The van der Waals surface area contributed by atoms with Crippen LogP contribution in [0.2, 0.25) is 0 Å². The van der Waals surface area contributed by atoms with Gasteiger partial charge in [-0.1, -0.05) is 30.3 Å². The molecule has 1 N–H and O–H groups in total. The fourth-order valence-electron chi connectivity index (χ4n) is 2.19. The van der Waals surface area contributed by atoms with Crippen molar-refractivity contribution in [1.82, 2.24) is 4.57 Å². The first kappa shape index (κ1) is 11.5. The zero-order valence-corrected chi connectivity index (χ0v) is 10.3. The number of hydrogen-bond acceptors (Lipinski definition) is 2. The second-order valence-electron chi connectivity index (χ2n) is 4.48. The van der Waals surface area contributed by atoms with Crippen LogP contribution in [0.1, 0.15) is 5.56 Å². The minimum Gasteiger partial charge on any atom is -0.508 e. The van der Waals surface area contributed by atoms with Crippen LogP contribution >= 0.6 is 0 Å². The molecule has 0 unspecified atom stereocenters. The molecule has 0 fully saturated rings. The van der Waals surface area contributed by atoms with Crippen molar-refractivity contribution >= 4 is 10.9 Å². The number of hydrogen-bond donors (Lipinski definition) is 1. The van der Waals surface area contributed by atoms with E-state index in [-0.39, 0.29) is 11.3 Å². The number of rotatable bonds is 2. The average Bonchev–Trinajstić information content (AvgIpc) is 2.44. The molecule has 0 aliphatic heterocycles. The fraction of sp³-hybridized carbons (Fsp3) is 0.0625. The van der Waals surface area contributed by atoms with Crippen LogP contribution in [0.25, 0.3) is 10.9 Å². The molecule has 94 valence electrons. The number of pyridine rings is 1. The zero-order valence-electron chi connectivity index (χ0n) is 10.3. The topological polar surface area (TPSA) is 42.2 Å². The predicted octanol–water partition coefficient (Wildman–Crippen LogP) is 2.76. The molecule has 0 aliphatic rings. The van der Waals surface area contributed by atoms with Crippen LogP contribution in [0.4, 0.5) is 0 Å². The van der Waals surface area contributed by atoms with Crippen LogP contribution < -0.4 is 5.56 Å². The first-order valence-electron chi connectivity index (χ1n) is 6.10. The molecule has 3 heteroatoms. The van der Waals surface area contributed by atoms with Crippen molar-refractivity contribution in [1.29, 1.82) is 0 Å². The molecule has 0 amide bonds. The summed E-state index contributed by atoms with van der Waals surface area (Å²) < 4.78 is 1.74. The normalized spacial score (nSPS) is 10.7. The fourth-order valence-corrected chi connectivity index (χ4v) is 2.19. The molecular weight excluding hydrogens is 238 g/mol. The number of nitrogens with zero attached hydrogens (tertiary/aromatic N) is 1. The summed E-state index contributed by atoms with van der Waals surface area (Å²) in [6.45, 7) is 0.500. The Bertz CT molecular complexity index is 773. The number of fused-ring (bicyclic) bond motifs is 1. The van der Waals surface area contributed by atoms with Gasteiger partial charge in [0.1, 0.15) is 5.75 Å². The zero-order chi connectivity index (χ0) is 13.2. The van der Waals surface area contributed by atoms with Crippen LogP contribution in [0.5, 0.6) is 5.75 Å². The lowest BCUT2D eigenvalue weighted by molar-refractivity contribution is 0.475. The molecule has 3 aromatic rings. The average molecular weight is 251 g/mol. The van der Waals surface area contributed by atoms with E-state index in [1.54, 1.807) is 22.8 Å². The van der Waals surface area contributed by atoms with Gasteiger partial charge in [0.25, 0.3) is 5.56 Å². The summed E-state index contributed by atoms with van der Waals surface area (Å²) in [4.78, 5) is 12.0. The van der Waals surface area contributed by atoms with Crippen molar-refractivity contribution in [3.05, 3.63) is 76.6 Å². The predicted molar refractivity (Wildman–Crippen MR) is 75.4 cm³/mol. The Morgan fingerprint density at radius 2 is 1.63 bits per heavy atom. The first-order chi connectivity index (χ1) is 9.24. The van der Waals surface area contributed by atoms with E-state index in [0.717, 1.165) is 16.5 Å². The van der Waals surface area contributed by atoms with E-state index in [4.69, 9.17) is 0 Å². The van der Waals surface area contributed by atoms with E-state index >= 15 is 0 Å². The Kier molecular flexibility index (Phi) is 2.80. The van der Waals surface area contributed by atoms with E-state index < -0.39 is 0 Å². The van der Waals surface area contributed by atoms with Gasteiger partial charge in [-0.25, -0.2) is 0 Å². The molecule has 0 spiro atoms. The Morgan fingerprint density at radius 3 is 2.42 bits per heavy atom. The lowest BCUT2D eigenvalue weighted by Crippen LogP contribution is -2.19. The number of benzene rings is 2. The van der Waals surface area contributed by atoms with Gasteiger partial charge >= 0.3 is 0 Å². The minimum atomic E-state index is -0.0215. The van der Waals surface area contributed by atoms with Gasteiger partial charge in [-0.15, -0.1) is 0 Å². The Balaban J connectivity index is 2.12. The van der Waals surface area contributed by atoms with Gasteiger partial charge in [0, 0.05) is 6.07 Å². The van der Waals surface area contributed by atoms with E-state index in [9.17, 15) is 9.90 Å². The first-order valence-corrected chi connectivity index (χ1v) is 6.10. The summed E-state index contributed by atoms with van der Waals surface area (Å²) >= 11 is 0. The standard InChI is InChI=1S/C16H13NO2/c18-14-8-5-12(6-9-14)11-17-15-4-2-1-3-13(15)7-10-16(17)19/h1-10,18H,11H2. The third-order valence-electron chi connectivity index (χ3n) is 3.18. The van der Waals surface area contributed by atoms with Gasteiger partial charge in [-0.3, -0.25) is 4.79 Å². The molecule has 3 nitrogen and oxygen atoms in total. The number of phenolic OH excluding ortho intramolecular Hbond substituents is 1. The molecule has 3 rings (SSSR count). The second-order valence-corrected chi connectivity index (χ2v) is 4.48. The van der Waals surface area contributed by atoms with Gasteiger partial charge < -0.3 is 9.67 Å². The van der Waals surface area contributed by atoms with Crippen molar-refractivity contribution < 1.29 is 5.11 Å². The summed E-state index contributed by atoms with van der Waals surface area (Å²) in [5.74, 6) is 0.231. The number of aromatic nitrogens is 1. The van der Waals surface area contributed by atoms with Crippen LogP contribution in [-0.4, -0.2) is 9.67 Å². The smallest absolute Gasteiger partial charge is 0.251 e. The van der Waals surface area contributed by atoms with Crippen molar-refractivity contribution in [2.45, 2.75) is 6.54 Å². The third kappa shape index (κ3) is 2.22. The Hall–Kier alpha value is -2.55. The number of phenols is 1. The summed E-state index contributed by atoms with van der Waals surface area (Å²) in [5, 5.41) is 10.3. The summed E-state index contributed by atoms with van der Waals surface area (Å²) in [7, 11) is 0. The number of para-hydroxylation sites is 1. The summed E-state index contributed by atoms with van der Waals surface area (Å²) in [6, 6.07) is 18.1. The van der Waals surface area contributed by atoms with Crippen LogP contribution in [0.15, 0.2) is 65.5 Å². The number of aromatic hydroxyl groups is 1. The Labute approximate surface area is 110 Å². The summed E-state index contributed by atoms with van der Waals surface area (Å²) in [5.41, 5.74) is 1.88. The van der Waals surface area contributed by atoms with Gasteiger partial charge in [0.05, 0.1) is 12.1 Å². The largest absolute Gasteiger partial charge is 0.508 e. The van der Waals surface area contributed by atoms with Gasteiger partial charge in [-0.05, 0) is 35.2 Å². The maximum Gasteiger partial charge on any atom is 0.251 e. The molecule has 0 radical (unpaired) electrons. The van der Waals surface area contributed by atoms with Crippen LogP contribution in [0, 0.1) is 0 Å². The molecule has 0 saturated heterocycles. The molecule has 0 bridgehead atoms. The molecule has 1 aromatic heterocycles. The molecule has 0 saturated carbocycles. The monoisotopic (exact) mass is 251 g/mol. The van der Waals surface area contributed by atoms with Crippen LogP contribution in [-0.2, 0) is 6.54 Å². The quantitative estimate of drug-likeness (QED) is 0.761. The minimum absolute atomic E-state index is 0.0215. The van der Waals surface area contributed by atoms with Crippen molar-refractivity contribution in [2.24, 2.45) is 0 Å². The SMILES string of the molecule is O=c1ccc2ccccc2n1Cc1ccc(O)cc1. The van der Waals surface area contributed by atoms with Crippen molar-refractivity contribution in [3.8, 4) is 5.75 Å². The lowest BCUT2D eigenvalue weighted by atomic mass is 10.2. The molecular formula is C16H13NO2. The second kappa shape index (κ2) is 4.61. The molecule has 0 aliphatic carbocycles. The van der Waals surface area contributed by atoms with Gasteiger partial charge in [0.15, 0.2) is 0 Å². The molecule has 2 aromatic carbocycles. The highest BCUT2D eigenvalue weighted by molar-refractivity contribution is 5.78. The summed E-state index contributed by atoms with van der Waals surface area (Å²) in [6.07, 6.45) is 0. The highest BCUT2D eigenvalue weighted by Crippen LogP contribution is 2.14. The van der Waals surface area contributed by atoms with Crippen LogP contribution in [0.3, 0.4) is 0 Å². The highest BCUT2D eigenvalue weighted by atomic mass is 16.3. The molecule has 19 heavy (non-hydrogen) atoms. The van der Waals surface area contributed by atoms with E-state index in [1.165, 1.54) is 0 Å². The molecule has 0 atom stereocenters. The molecule has 1 heterocycles. The van der Waals surface area contributed by atoms with E-state index in [1.807, 2.05) is 42.5 Å². The maximum absolute atomic E-state index is 12.0. The highest BCUT2D eigenvalue weighted by Gasteiger charge is 2.03. The van der Waals surface area contributed by atoms with E-state index in [2.05, 4.69) is 0 Å². The lowest BCUT2D eigenvalue weighted by Gasteiger charge is -2.10. The van der Waals surface area contributed by atoms with E-state index in [0.29, 0.717) is 6.54 Å². The van der Waals surface area contributed by atoms with Gasteiger partial charge in [-0.2, -0.15) is 0 Å². The third-order valence-corrected chi connectivity index (χ3v) is 3.18. The van der Waals surface area contributed by atoms with Crippen molar-refractivity contribution in [3.63, 3.8) is 0 Å². The van der Waals surface area contributed by atoms with Gasteiger partial charge in [0.2, 0.25) is 0 Å². The Morgan fingerprint density at radius 1 is 0.895 bits per heavy atom.